The van der Waals surface area contributed by atoms with Crippen LogP contribution in [0.2, 0.25) is 0 Å². The van der Waals surface area contributed by atoms with Crippen molar-refractivity contribution in [2.45, 2.75) is 13.8 Å². The third-order valence-corrected chi connectivity index (χ3v) is 2.85. The Kier molecular flexibility index (Phi) is 3.85. The molecular formula is C14H18N4O. The molecule has 2 N–H and O–H groups in total. The number of benzene rings is 1. The fourth-order valence-corrected chi connectivity index (χ4v) is 1.86. The average molecular weight is 258 g/mol. The Bertz CT molecular complexity index is 589. The van der Waals surface area contributed by atoms with Crippen LogP contribution < -0.4 is 10.6 Å². The van der Waals surface area contributed by atoms with E-state index in [1.807, 2.05) is 44.2 Å². The van der Waals surface area contributed by atoms with E-state index in [1.54, 1.807) is 11.7 Å². The molecule has 0 fully saturated rings. The summed E-state index contributed by atoms with van der Waals surface area (Å²) in [5, 5.41) is 10.1. The predicted octanol–water partition coefficient (Wildman–Crippen LogP) is 2.09. The van der Waals surface area contributed by atoms with Gasteiger partial charge in [0.15, 0.2) is 0 Å². The second-order valence-electron chi connectivity index (χ2n) is 4.51. The first-order chi connectivity index (χ1) is 9.06. The maximum Gasteiger partial charge on any atom is 0.244 e. The summed E-state index contributed by atoms with van der Waals surface area (Å²) in [6.45, 7) is 4.13. The molecule has 0 aliphatic heterocycles. The topological polar surface area (TPSA) is 59.0 Å². The lowest BCUT2D eigenvalue weighted by Crippen LogP contribution is -2.23. The second-order valence-corrected chi connectivity index (χ2v) is 4.51. The monoisotopic (exact) mass is 258 g/mol. The van der Waals surface area contributed by atoms with Gasteiger partial charge in [0.25, 0.3) is 0 Å². The standard InChI is InChI=1S/C14H18N4O/c1-10-6-4-5-7-12(10)15-9-14(19)16-13-8-11(2)17-18(13)3/h4-8,15H,9H2,1-3H3,(H,16,19). The highest BCUT2D eigenvalue weighted by atomic mass is 16.2. The first-order valence-electron chi connectivity index (χ1n) is 6.16. The van der Waals surface area contributed by atoms with E-state index in [-0.39, 0.29) is 12.5 Å². The van der Waals surface area contributed by atoms with Crippen LogP contribution in [-0.2, 0) is 11.8 Å². The Balaban J connectivity index is 1.92. The number of para-hydroxylation sites is 1. The van der Waals surface area contributed by atoms with Crippen LogP contribution in [0, 0.1) is 13.8 Å². The molecule has 0 unspecified atom stereocenters. The van der Waals surface area contributed by atoms with E-state index in [9.17, 15) is 4.79 Å². The highest BCUT2D eigenvalue weighted by Crippen LogP contribution is 2.13. The maximum atomic E-state index is 11.8. The van der Waals surface area contributed by atoms with Gasteiger partial charge in [0.05, 0.1) is 12.2 Å². The zero-order valence-corrected chi connectivity index (χ0v) is 11.4. The Morgan fingerprint density at radius 3 is 2.68 bits per heavy atom. The lowest BCUT2D eigenvalue weighted by Gasteiger charge is -2.09. The summed E-state index contributed by atoms with van der Waals surface area (Å²) in [6, 6.07) is 9.71. The Morgan fingerprint density at radius 1 is 1.32 bits per heavy atom. The number of anilines is 2. The van der Waals surface area contributed by atoms with Crippen LogP contribution in [-0.4, -0.2) is 22.2 Å². The number of amides is 1. The first kappa shape index (κ1) is 13.1. The summed E-state index contributed by atoms with van der Waals surface area (Å²) >= 11 is 0. The summed E-state index contributed by atoms with van der Waals surface area (Å²) in [4.78, 5) is 11.8. The van der Waals surface area contributed by atoms with Crippen molar-refractivity contribution in [1.82, 2.24) is 9.78 Å². The average Bonchev–Trinajstić information content (AvgIpc) is 2.67. The van der Waals surface area contributed by atoms with Gasteiger partial charge in [0, 0.05) is 18.8 Å². The number of hydrogen-bond acceptors (Lipinski definition) is 3. The molecule has 5 heteroatoms. The third kappa shape index (κ3) is 3.34. The van der Waals surface area contributed by atoms with Crippen LogP contribution >= 0.6 is 0 Å². The van der Waals surface area contributed by atoms with E-state index in [0.29, 0.717) is 5.82 Å². The maximum absolute atomic E-state index is 11.8. The molecule has 1 aromatic carbocycles. The zero-order valence-electron chi connectivity index (χ0n) is 11.4. The van der Waals surface area contributed by atoms with Crippen molar-refractivity contribution < 1.29 is 4.79 Å². The molecule has 1 aromatic heterocycles. The summed E-state index contributed by atoms with van der Waals surface area (Å²) < 4.78 is 1.65. The van der Waals surface area contributed by atoms with Gasteiger partial charge in [0.2, 0.25) is 5.91 Å². The number of rotatable bonds is 4. The van der Waals surface area contributed by atoms with Gasteiger partial charge in [-0.05, 0) is 25.5 Å². The van der Waals surface area contributed by atoms with Gasteiger partial charge in [-0.25, -0.2) is 0 Å². The largest absolute Gasteiger partial charge is 0.376 e. The van der Waals surface area contributed by atoms with Crippen LogP contribution in [0.1, 0.15) is 11.3 Å². The Morgan fingerprint density at radius 2 is 2.05 bits per heavy atom. The molecule has 0 spiro atoms. The van der Waals surface area contributed by atoms with Gasteiger partial charge in [-0.2, -0.15) is 5.10 Å². The van der Waals surface area contributed by atoms with Crippen molar-refractivity contribution in [3.05, 3.63) is 41.6 Å². The summed E-state index contributed by atoms with van der Waals surface area (Å²) in [6.07, 6.45) is 0. The predicted molar refractivity (Wildman–Crippen MR) is 76.2 cm³/mol. The van der Waals surface area contributed by atoms with Crippen LogP contribution in [0.25, 0.3) is 0 Å². The molecule has 0 aliphatic carbocycles. The molecule has 0 saturated heterocycles. The first-order valence-corrected chi connectivity index (χ1v) is 6.16. The molecule has 0 bridgehead atoms. The molecule has 0 saturated carbocycles. The molecule has 19 heavy (non-hydrogen) atoms. The Hall–Kier alpha value is -2.30. The molecule has 0 radical (unpaired) electrons. The highest BCUT2D eigenvalue weighted by molar-refractivity contribution is 5.93. The fraction of sp³-hybridized carbons (Fsp3) is 0.286. The normalized spacial score (nSPS) is 10.3. The minimum absolute atomic E-state index is 0.0914. The molecule has 1 amide bonds. The van der Waals surface area contributed by atoms with Crippen molar-refractivity contribution in [3.63, 3.8) is 0 Å². The number of carbonyl (C=O) groups is 1. The Labute approximate surface area is 112 Å². The minimum Gasteiger partial charge on any atom is -0.376 e. The zero-order chi connectivity index (χ0) is 13.8. The molecular weight excluding hydrogens is 240 g/mol. The SMILES string of the molecule is Cc1cc(NC(=O)CNc2ccccc2C)n(C)n1. The van der Waals surface area contributed by atoms with Crippen molar-refractivity contribution >= 4 is 17.4 Å². The number of carbonyl (C=O) groups excluding carboxylic acids is 1. The van der Waals surface area contributed by atoms with E-state index in [4.69, 9.17) is 0 Å². The van der Waals surface area contributed by atoms with Gasteiger partial charge in [0.1, 0.15) is 5.82 Å². The molecule has 0 atom stereocenters. The second kappa shape index (κ2) is 5.56. The van der Waals surface area contributed by atoms with Crippen molar-refractivity contribution in [1.29, 1.82) is 0 Å². The van der Waals surface area contributed by atoms with Crippen molar-refractivity contribution in [2.75, 3.05) is 17.2 Å². The number of nitrogens with one attached hydrogen (secondary N) is 2. The van der Waals surface area contributed by atoms with Gasteiger partial charge in [-0.3, -0.25) is 9.48 Å². The van der Waals surface area contributed by atoms with E-state index in [0.717, 1.165) is 16.9 Å². The quantitative estimate of drug-likeness (QED) is 0.882. The van der Waals surface area contributed by atoms with E-state index in [1.165, 1.54) is 0 Å². The summed E-state index contributed by atoms with van der Waals surface area (Å²) in [5.41, 5.74) is 2.97. The molecule has 0 aliphatic rings. The molecule has 100 valence electrons. The number of aryl methyl sites for hydroxylation is 3. The van der Waals surface area contributed by atoms with Crippen LogP contribution in [0.4, 0.5) is 11.5 Å². The van der Waals surface area contributed by atoms with Crippen molar-refractivity contribution in [3.8, 4) is 0 Å². The minimum atomic E-state index is -0.0914. The summed E-state index contributed by atoms with van der Waals surface area (Å²) in [7, 11) is 1.80. The number of hydrogen-bond donors (Lipinski definition) is 2. The van der Waals surface area contributed by atoms with Gasteiger partial charge in [-0.15, -0.1) is 0 Å². The lowest BCUT2D eigenvalue weighted by atomic mass is 10.2. The van der Waals surface area contributed by atoms with Crippen LogP contribution in [0.3, 0.4) is 0 Å². The van der Waals surface area contributed by atoms with Crippen LogP contribution in [0.5, 0.6) is 0 Å². The lowest BCUT2D eigenvalue weighted by molar-refractivity contribution is -0.114. The third-order valence-electron chi connectivity index (χ3n) is 2.85. The van der Waals surface area contributed by atoms with E-state index < -0.39 is 0 Å². The fourth-order valence-electron chi connectivity index (χ4n) is 1.86. The molecule has 1 heterocycles. The van der Waals surface area contributed by atoms with Gasteiger partial charge < -0.3 is 10.6 Å². The van der Waals surface area contributed by atoms with E-state index >= 15 is 0 Å². The smallest absolute Gasteiger partial charge is 0.244 e. The van der Waals surface area contributed by atoms with Crippen molar-refractivity contribution in [2.24, 2.45) is 7.05 Å². The van der Waals surface area contributed by atoms with Gasteiger partial charge >= 0.3 is 0 Å². The molecule has 2 rings (SSSR count). The van der Waals surface area contributed by atoms with E-state index in [2.05, 4.69) is 15.7 Å². The highest BCUT2D eigenvalue weighted by Gasteiger charge is 2.07. The van der Waals surface area contributed by atoms with Crippen LogP contribution in [0.15, 0.2) is 30.3 Å². The summed E-state index contributed by atoms with van der Waals surface area (Å²) in [5.74, 6) is 0.611. The number of nitrogens with zero attached hydrogens (tertiary/aromatic N) is 2. The molecule has 5 nitrogen and oxygen atoms in total. The number of aromatic nitrogens is 2. The van der Waals surface area contributed by atoms with Gasteiger partial charge in [-0.1, -0.05) is 18.2 Å². The molecule has 2 aromatic rings.